The number of aromatic hydroxyl groups is 1. The van der Waals surface area contributed by atoms with Crippen molar-refractivity contribution in [2.45, 2.75) is 6.54 Å². The van der Waals surface area contributed by atoms with E-state index in [9.17, 15) is 5.11 Å². The molecule has 0 spiro atoms. The van der Waals surface area contributed by atoms with Crippen LogP contribution >= 0.6 is 0 Å². The summed E-state index contributed by atoms with van der Waals surface area (Å²) < 4.78 is 0. The third-order valence-corrected chi connectivity index (χ3v) is 1.80. The molecule has 0 aliphatic carbocycles. The summed E-state index contributed by atoms with van der Waals surface area (Å²) in [6.45, 7) is 0.369. The Hall–Kier alpha value is -1.22. The smallest absolute Gasteiger partial charge is 0.120 e. The second-order valence-corrected chi connectivity index (χ2v) is 2.91. The Bertz CT molecular complexity index is 271. The van der Waals surface area contributed by atoms with Crippen LogP contribution in [0, 0.1) is 0 Å². The molecular weight excluding hydrogens is 152 g/mol. The molecule has 0 atom stereocenters. The quantitative estimate of drug-likeness (QED) is 0.686. The molecule has 0 aliphatic heterocycles. The highest BCUT2D eigenvalue weighted by atomic mass is 16.3. The molecular formula is C9H14N2O. The predicted molar refractivity (Wildman–Crippen MR) is 50.3 cm³/mol. The van der Waals surface area contributed by atoms with E-state index in [2.05, 4.69) is 0 Å². The van der Waals surface area contributed by atoms with Gasteiger partial charge in [0.2, 0.25) is 0 Å². The van der Waals surface area contributed by atoms with Gasteiger partial charge in [0, 0.05) is 31.9 Å². The van der Waals surface area contributed by atoms with E-state index in [0.717, 1.165) is 11.3 Å². The van der Waals surface area contributed by atoms with Crippen LogP contribution in [0.15, 0.2) is 18.2 Å². The maximum Gasteiger partial charge on any atom is 0.120 e. The molecule has 1 aromatic carbocycles. The van der Waals surface area contributed by atoms with Crippen LogP contribution < -0.4 is 10.6 Å². The van der Waals surface area contributed by atoms with Gasteiger partial charge in [-0.05, 0) is 18.2 Å². The number of nitrogens with zero attached hydrogens (tertiary/aromatic N) is 1. The highest BCUT2D eigenvalue weighted by Gasteiger charge is 2.01. The number of phenols is 1. The summed E-state index contributed by atoms with van der Waals surface area (Å²) in [7, 11) is 3.90. The Kier molecular flexibility index (Phi) is 2.55. The zero-order valence-corrected chi connectivity index (χ0v) is 7.41. The molecule has 0 saturated carbocycles. The Morgan fingerprint density at radius 1 is 1.42 bits per heavy atom. The van der Waals surface area contributed by atoms with E-state index >= 15 is 0 Å². The van der Waals surface area contributed by atoms with Crippen molar-refractivity contribution in [2.75, 3.05) is 19.0 Å². The minimum absolute atomic E-state index is 0.267. The van der Waals surface area contributed by atoms with Crippen LogP contribution in [0.1, 0.15) is 5.56 Å². The van der Waals surface area contributed by atoms with Crippen LogP contribution in [0.25, 0.3) is 0 Å². The van der Waals surface area contributed by atoms with Crippen molar-refractivity contribution in [2.24, 2.45) is 5.73 Å². The number of nitrogens with two attached hydrogens (primary N) is 1. The van der Waals surface area contributed by atoms with Gasteiger partial charge in [-0.25, -0.2) is 0 Å². The van der Waals surface area contributed by atoms with Gasteiger partial charge in [0.05, 0.1) is 0 Å². The molecule has 3 N–H and O–H groups in total. The van der Waals surface area contributed by atoms with Gasteiger partial charge in [0.25, 0.3) is 0 Å². The van der Waals surface area contributed by atoms with Crippen LogP contribution in [-0.2, 0) is 6.54 Å². The SMILES string of the molecule is CN(C)c1ccc(O)c(CN)c1. The molecule has 66 valence electrons. The normalized spacial score (nSPS) is 9.92. The molecule has 0 saturated heterocycles. The van der Waals surface area contributed by atoms with Gasteiger partial charge in [-0.3, -0.25) is 0 Å². The predicted octanol–water partition coefficient (Wildman–Crippen LogP) is 0.917. The van der Waals surface area contributed by atoms with Crippen molar-refractivity contribution in [1.82, 2.24) is 0 Å². The monoisotopic (exact) mass is 166 g/mol. The van der Waals surface area contributed by atoms with E-state index < -0.39 is 0 Å². The minimum Gasteiger partial charge on any atom is -0.508 e. The third kappa shape index (κ3) is 1.68. The fourth-order valence-electron chi connectivity index (χ4n) is 1.01. The minimum atomic E-state index is 0.267. The number of anilines is 1. The molecule has 0 aromatic heterocycles. The first-order chi connectivity index (χ1) is 5.65. The Morgan fingerprint density at radius 2 is 2.08 bits per heavy atom. The fraction of sp³-hybridized carbons (Fsp3) is 0.333. The van der Waals surface area contributed by atoms with Crippen LogP contribution in [0.2, 0.25) is 0 Å². The Morgan fingerprint density at radius 3 is 2.58 bits per heavy atom. The molecule has 0 amide bonds. The molecule has 0 unspecified atom stereocenters. The maximum atomic E-state index is 9.32. The van der Waals surface area contributed by atoms with Gasteiger partial charge in [-0.2, -0.15) is 0 Å². The third-order valence-electron chi connectivity index (χ3n) is 1.80. The highest BCUT2D eigenvalue weighted by molar-refractivity contribution is 5.51. The number of benzene rings is 1. The Balaban J connectivity index is 3.05. The summed E-state index contributed by atoms with van der Waals surface area (Å²) in [5.74, 6) is 0.267. The van der Waals surface area contributed by atoms with Gasteiger partial charge in [-0.15, -0.1) is 0 Å². The number of hydrogen-bond donors (Lipinski definition) is 2. The lowest BCUT2D eigenvalue weighted by Gasteiger charge is -2.13. The Labute approximate surface area is 72.4 Å². The van der Waals surface area contributed by atoms with E-state index in [1.165, 1.54) is 0 Å². The lowest BCUT2D eigenvalue weighted by Crippen LogP contribution is -2.09. The molecule has 0 radical (unpaired) electrons. The molecule has 3 nitrogen and oxygen atoms in total. The van der Waals surface area contributed by atoms with Crippen LogP contribution in [-0.4, -0.2) is 19.2 Å². The van der Waals surface area contributed by atoms with Crippen molar-refractivity contribution in [3.05, 3.63) is 23.8 Å². The van der Waals surface area contributed by atoms with E-state index in [0.29, 0.717) is 6.54 Å². The van der Waals surface area contributed by atoms with Gasteiger partial charge in [-0.1, -0.05) is 0 Å². The molecule has 0 heterocycles. The van der Waals surface area contributed by atoms with E-state index in [1.807, 2.05) is 31.1 Å². The molecule has 0 fully saturated rings. The zero-order chi connectivity index (χ0) is 9.14. The van der Waals surface area contributed by atoms with Crippen LogP contribution in [0.3, 0.4) is 0 Å². The fourth-order valence-corrected chi connectivity index (χ4v) is 1.01. The standard InChI is InChI=1S/C9H14N2O/c1-11(2)8-3-4-9(12)7(5-8)6-10/h3-5,12H,6,10H2,1-2H3. The number of rotatable bonds is 2. The van der Waals surface area contributed by atoms with Gasteiger partial charge >= 0.3 is 0 Å². The summed E-state index contributed by atoms with van der Waals surface area (Å²) in [4.78, 5) is 1.97. The summed E-state index contributed by atoms with van der Waals surface area (Å²) in [5, 5.41) is 9.32. The molecule has 0 aliphatic rings. The van der Waals surface area contributed by atoms with Gasteiger partial charge in [0.1, 0.15) is 5.75 Å². The molecule has 1 rings (SSSR count). The van der Waals surface area contributed by atoms with E-state index in [-0.39, 0.29) is 5.75 Å². The maximum absolute atomic E-state index is 9.32. The van der Waals surface area contributed by atoms with Crippen LogP contribution in [0.4, 0.5) is 5.69 Å². The van der Waals surface area contributed by atoms with Crippen LogP contribution in [0.5, 0.6) is 5.75 Å². The summed E-state index contributed by atoms with van der Waals surface area (Å²) in [6.07, 6.45) is 0. The lowest BCUT2D eigenvalue weighted by atomic mass is 10.1. The van der Waals surface area contributed by atoms with Crippen molar-refractivity contribution in [3.8, 4) is 5.75 Å². The molecule has 1 aromatic rings. The lowest BCUT2D eigenvalue weighted by molar-refractivity contribution is 0.468. The van der Waals surface area contributed by atoms with Crippen molar-refractivity contribution < 1.29 is 5.11 Å². The largest absolute Gasteiger partial charge is 0.508 e. The van der Waals surface area contributed by atoms with Crippen molar-refractivity contribution >= 4 is 5.69 Å². The first kappa shape index (κ1) is 8.87. The zero-order valence-electron chi connectivity index (χ0n) is 7.41. The number of hydrogen-bond acceptors (Lipinski definition) is 3. The number of phenolic OH excluding ortho intramolecular Hbond substituents is 1. The topological polar surface area (TPSA) is 49.5 Å². The first-order valence-electron chi connectivity index (χ1n) is 3.84. The van der Waals surface area contributed by atoms with E-state index in [1.54, 1.807) is 6.07 Å². The van der Waals surface area contributed by atoms with Crippen molar-refractivity contribution in [3.63, 3.8) is 0 Å². The average molecular weight is 166 g/mol. The first-order valence-corrected chi connectivity index (χ1v) is 3.84. The average Bonchev–Trinajstić information content (AvgIpc) is 2.05. The van der Waals surface area contributed by atoms with E-state index in [4.69, 9.17) is 5.73 Å². The summed E-state index contributed by atoms with van der Waals surface area (Å²) in [6, 6.07) is 5.40. The molecule has 12 heavy (non-hydrogen) atoms. The van der Waals surface area contributed by atoms with Crippen molar-refractivity contribution in [1.29, 1.82) is 0 Å². The second-order valence-electron chi connectivity index (χ2n) is 2.91. The molecule has 0 bridgehead atoms. The summed E-state index contributed by atoms with van der Waals surface area (Å²) >= 11 is 0. The van der Waals surface area contributed by atoms with Gasteiger partial charge < -0.3 is 15.7 Å². The van der Waals surface area contributed by atoms with Gasteiger partial charge in [0.15, 0.2) is 0 Å². The second kappa shape index (κ2) is 3.45. The summed E-state index contributed by atoms with van der Waals surface area (Å²) in [5.41, 5.74) is 7.27. The highest BCUT2D eigenvalue weighted by Crippen LogP contribution is 2.22. The molecule has 3 heteroatoms.